The molecule has 0 radical (unpaired) electrons. The van der Waals surface area contributed by atoms with Crippen LogP contribution in [0.15, 0.2) is 42.5 Å². The SMILES string of the molecule is N#CCCN(c1ccccc1)c1cc(F)c(Cl)cc1N. The number of hydrogen-bond donors (Lipinski definition) is 1. The molecule has 2 aromatic carbocycles. The molecule has 0 unspecified atom stereocenters. The molecule has 2 rings (SSSR count). The number of halogens is 2. The number of para-hydroxylation sites is 1. The summed E-state index contributed by atoms with van der Waals surface area (Å²) in [6, 6.07) is 14.1. The van der Waals surface area contributed by atoms with Gasteiger partial charge in [-0.1, -0.05) is 29.8 Å². The Morgan fingerprint density at radius 3 is 2.60 bits per heavy atom. The van der Waals surface area contributed by atoms with Crippen LogP contribution in [0.5, 0.6) is 0 Å². The smallest absolute Gasteiger partial charge is 0.144 e. The fourth-order valence-electron chi connectivity index (χ4n) is 1.94. The van der Waals surface area contributed by atoms with Gasteiger partial charge in [0.25, 0.3) is 0 Å². The predicted octanol–water partition coefficient (Wildman–Crippen LogP) is 4.11. The van der Waals surface area contributed by atoms with Crippen molar-refractivity contribution in [2.45, 2.75) is 6.42 Å². The molecule has 2 N–H and O–H groups in total. The Balaban J connectivity index is 2.47. The zero-order valence-electron chi connectivity index (χ0n) is 10.7. The van der Waals surface area contributed by atoms with Crippen LogP contribution < -0.4 is 10.6 Å². The average Bonchev–Trinajstić information content (AvgIpc) is 2.45. The average molecular weight is 290 g/mol. The van der Waals surface area contributed by atoms with Crippen molar-refractivity contribution in [3.05, 3.63) is 53.3 Å². The molecule has 0 fully saturated rings. The first-order valence-corrected chi connectivity index (χ1v) is 6.45. The molecule has 0 heterocycles. The largest absolute Gasteiger partial charge is 0.397 e. The highest BCUT2D eigenvalue weighted by atomic mass is 35.5. The minimum atomic E-state index is -0.534. The second-order valence-electron chi connectivity index (χ2n) is 4.22. The molecule has 0 bridgehead atoms. The van der Waals surface area contributed by atoms with Gasteiger partial charge in [-0.25, -0.2) is 4.39 Å². The van der Waals surface area contributed by atoms with Gasteiger partial charge in [0.1, 0.15) is 5.82 Å². The van der Waals surface area contributed by atoms with Gasteiger partial charge >= 0.3 is 0 Å². The summed E-state index contributed by atoms with van der Waals surface area (Å²) in [7, 11) is 0. The molecule has 0 aliphatic heterocycles. The van der Waals surface area contributed by atoms with Crippen LogP contribution in [0.1, 0.15) is 6.42 Å². The van der Waals surface area contributed by atoms with Crippen molar-refractivity contribution in [2.75, 3.05) is 17.2 Å². The fraction of sp³-hybridized carbons (Fsp3) is 0.133. The summed E-state index contributed by atoms with van der Waals surface area (Å²) in [5.74, 6) is -0.534. The Morgan fingerprint density at radius 1 is 1.25 bits per heavy atom. The molecule has 3 nitrogen and oxygen atoms in total. The number of nitrogens with zero attached hydrogens (tertiary/aromatic N) is 2. The van der Waals surface area contributed by atoms with Gasteiger partial charge in [0, 0.05) is 18.3 Å². The van der Waals surface area contributed by atoms with E-state index in [-0.39, 0.29) is 5.02 Å². The maximum absolute atomic E-state index is 13.7. The third kappa shape index (κ3) is 3.01. The lowest BCUT2D eigenvalue weighted by atomic mass is 10.2. The lowest BCUT2D eigenvalue weighted by molar-refractivity contribution is 0.628. The summed E-state index contributed by atoms with van der Waals surface area (Å²) >= 11 is 5.72. The normalized spacial score (nSPS) is 10.1. The monoisotopic (exact) mass is 289 g/mol. The zero-order valence-corrected chi connectivity index (χ0v) is 11.4. The topological polar surface area (TPSA) is 53.0 Å². The highest BCUT2D eigenvalue weighted by molar-refractivity contribution is 6.31. The fourth-order valence-corrected chi connectivity index (χ4v) is 2.12. The van der Waals surface area contributed by atoms with Crippen molar-refractivity contribution < 1.29 is 4.39 Å². The Bertz CT molecular complexity index is 638. The first-order valence-electron chi connectivity index (χ1n) is 6.07. The van der Waals surface area contributed by atoms with Crippen LogP contribution in [0.4, 0.5) is 21.5 Å². The van der Waals surface area contributed by atoms with E-state index < -0.39 is 5.82 Å². The number of rotatable bonds is 4. The number of benzene rings is 2. The van der Waals surface area contributed by atoms with Crippen LogP contribution >= 0.6 is 11.6 Å². The van der Waals surface area contributed by atoms with Gasteiger partial charge in [-0.05, 0) is 18.2 Å². The summed E-state index contributed by atoms with van der Waals surface area (Å²) in [5.41, 5.74) is 7.65. The Labute approximate surface area is 122 Å². The third-order valence-electron chi connectivity index (χ3n) is 2.88. The molecule has 0 aliphatic carbocycles. The number of nitriles is 1. The minimum absolute atomic E-state index is 0.0143. The third-order valence-corrected chi connectivity index (χ3v) is 3.17. The molecule has 0 amide bonds. The second kappa shape index (κ2) is 6.27. The van der Waals surface area contributed by atoms with Crippen molar-refractivity contribution in [1.29, 1.82) is 5.26 Å². The number of nitrogens with two attached hydrogens (primary N) is 1. The quantitative estimate of drug-likeness (QED) is 0.862. The van der Waals surface area contributed by atoms with Crippen molar-refractivity contribution >= 4 is 28.7 Å². The van der Waals surface area contributed by atoms with Crippen LogP contribution in [0, 0.1) is 17.1 Å². The van der Waals surface area contributed by atoms with Crippen LogP contribution in [-0.2, 0) is 0 Å². The highest BCUT2D eigenvalue weighted by Crippen LogP contribution is 2.33. The molecule has 20 heavy (non-hydrogen) atoms. The first-order chi connectivity index (χ1) is 9.63. The molecule has 0 atom stereocenters. The Hall–Kier alpha value is -2.25. The summed E-state index contributed by atoms with van der Waals surface area (Å²) in [4.78, 5) is 1.80. The molecule has 102 valence electrons. The first kappa shape index (κ1) is 14.2. The van der Waals surface area contributed by atoms with Gasteiger partial charge in [0.15, 0.2) is 0 Å². The van der Waals surface area contributed by atoms with Gasteiger partial charge in [-0.3, -0.25) is 0 Å². The van der Waals surface area contributed by atoms with Gasteiger partial charge in [-0.15, -0.1) is 0 Å². The van der Waals surface area contributed by atoms with Crippen LogP contribution in [0.25, 0.3) is 0 Å². The molecule has 0 aliphatic rings. The molecule has 0 aromatic heterocycles. The zero-order chi connectivity index (χ0) is 14.5. The van der Waals surface area contributed by atoms with E-state index in [2.05, 4.69) is 6.07 Å². The van der Waals surface area contributed by atoms with Gasteiger partial charge < -0.3 is 10.6 Å². The van der Waals surface area contributed by atoms with Gasteiger partial charge in [0.05, 0.1) is 28.9 Å². The molecule has 0 spiro atoms. The maximum atomic E-state index is 13.7. The summed E-state index contributed by atoms with van der Waals surface area (Å²) < 4.78 is 13.7. The van der Waals surface area contributed by atoms with Gasteiger partial charge in [-0.2, -0.15) is 5.26 Å². The van der Waals surface area contributed by atoms with E-state index in [1.807, 2.05) is 30.3 Å². The maximum Gasteiger partial charge on any atom is 0.144 e. The minimum Gasteiger partial charge on any atom is -0.397 e. The Kier molecular flexibility index (Phi) is 4.44. The summed E-state index contributed by atoms with van der Waals surface area (Å²) in [6.07, 6.45) is 0.304. The van der Waals surface area contributed by atoms with Crippen LogP contribution in [-0.4, -0.2) is 6.54 Å². The van der Waals surface area contributed by atoms with E-state index in [0.29, 0.717) is 24.3 Å². The standard InChI is InChI=1S/C15H13ClFN3/c16-12-9-14(19)15(10-13(12)17)20(8-4-7-18)11-5-2-1-3-6-11/h1-3,5-6,9-10H,4,8,19H2. The highest BCUT2D eigenvalue weighted by Gasteiger charge is 2.14. The van der Waals surface area contributed by atoms with Crippen molar-refractivity contribution in [1.82, 2.24) is 0 Å². The number of anilines is 3. The van der Waals surface area contributed by atoms with Crippen molar-refractivity contribution in [2.24, 2.45) is 0 Å². The van der Waals surface area contributed by atoms with E-state index in [4.69, 9.17) is 22.6 Å². The molecule has 0 saturated heterocycles. The molecule has 5 heteroatoms. The second-order valence-corrected chi connectivity index (χ2v) is 4.63. The van der Waals surface area contributed by atoms with Crippen LogP contribution in [0.2, 0.25) is 5.02 Å². The van der Waals surface area contributed by atoms with Gasteiger partial charge in [0.2, 0.25) is 0 Å². The molecule has 2 aromatic rings. The predicted molar refractivity (Wildman–Crippen MR) is 79.5 cm³/mol. The van der Waals surface area contributed by atoms with E-state index in [1.54, 1.807) is 4.90 Å². The molecular formula is C15H13ClFN3. The van der Waals surface area contributed by atoms with E-state index >= 15 is 0 Å². The number of nitrogen functional groups attached to an aromatic ring is 1. The molecular weight excluding hydrogens is 277 g/mol. The van der Waals surface area contributed by atoms with Crippen LogP contribution in [0.3, 0.4) is 0 Å². The van der Waals surface area contributed by atoms with Crippen molar-refractivity contribution in [3.8, 4) is 6.07 Å². The number of hydrogen-bond acceptors (Lipinski definition) is 3. The van der Waals surface area contributed by atoms with E-state index in [1.165, 1.54) is 12.1 Å². The summed E-state index contributed by atoms with van der Waals surface area (Å²) in [5, 5.41) is 8.76. The van der Waals surface area contributed by atoms with E-state index in [0.717, 1.165) is 5.69 Å². The molecule has 0 saturated carbocycles. The lowest BCUT2D eigenvalue weighted by Gasteiger charge is -2.25. The Morgan fingerprint density at radius 2 is 1.95 bits per heavy atom. The van der Waals surface area contributed by atoms with E-state index in [9.17, 15) is 4.39 Å². The summed E-state index contributed by atoms with van der Waals surface area (Å²) in [6.45, 7) is 0.422. The lowest BCUT2D eigenvalue weighted by Crippen LogP contribution is -2.19. The van der Waals surface area contributed by atoms with Crippen molar-refractivity contribution in [3.63, 3.8) is 0 Å².